The molecule has 0 bridgehead atoms. The Hall–Kier alpha value is -1.13. The largest absolute Gasteiger partial charge is 0.444 e. The van der Waals surface area contributed by atoms with Gasteiger partial charge in [0.05, 0.1) is 0 Å². The van der Waals surface area contributed by atoms with E-state index in [2.05, 4.69) is 0 Å². The minimum atomic E-state index is -1.41. The third kappa shape index (κ3) is 4.63. The Morgan fingerprint density at radius 1 is 1.44 bits per heavy atom. The number of rotatable bonds is 3. The lowest BCUT2D eigenvalue weighted by atomic mass is 10.00. The Kier molecular flexibility index (Phi) is 4.71. The molecule has 2 unspecified atom stereocenters. The number of likely N-dealkylation sites (tertiary alicyclic amines) is 1. The highest BCUT2D eigenvalue weighted by molar-refractivity contribution is 5.80. The molecule has 1 aliphatic heterocycles. The first kappa shape index (κ1) is 14.9. The molecule has 0 saturated carbocycles. The van der Waals surface area contributed by atoms with Crippen LogP contribution in [0, 0.1) is 5.92 Å². The van der Waals surface area contributed by atoms with Crippen LogP contribution >= 0.6 is 0 Å². The van der Waals surface area contributed by atoms with Crippen LogP contribution in [0.2, 0.25) is 0 Å². The number of ether oxygens (including phenoxy) is 1. The highest BCUT2D eigenvalue weighted by Crippen LogP contribution is 2.24. The summed E-state index contributed by atoms with van der Waals surface area (Å²) in [7, 11) is 0. The van der Waals surface area contributed by atoms with E-state index in [1.54, 1.807) is 4.90 Å². The molecule has 0 N–H and O–H groups in total. The van der Waals surface area contributed by atoms with Gasteiger partial charge in [-0.05, 0) is 46.5 Å². The van der Waals surface area contributed by atoms with Crippen molar-refractivity contribution < 1.29 is 18.7 Å². The Labute approximate surface area is 107 Å². The molecule has 104 valence electrons. The normalized spacial score (nSPS) is 21.8. The van der Waals surface area contributed by atoms with Gasteiger partial charge in [-0.25, -0.2) is 9.18 Å². The van der Waals surface area contributed by atoms with Gasteiger partial charge in [0.2, 0.25) is 0 Å². The Morgan fingerprint density at radius 3 is 2.56 bits per heavy atom. The van der Waals surface area contributed by atoms with Gasteiger partial charge in [-0.15, -0.1) is 0 Å². The third-order valence-electron chi connectivity index (χ3n) is 2.92. The number of hydrogen-bond donors (Lipinski definition) is 0. The minimum Gasteiger partial charge on any atom is -0.444 e. The summed E-state index contributed by atoms with van der Waals surface area (Å²) in [6.45, 7) is 7.74. The summed E-state index contributed by atoms with van der Waals surface area (Å²) in [5.74, 6) is -0.387. The van der Waals surface area contributed by atoms with Crippen LogP contribution in [-0.4, -0.2) is 41.6 Å². The number of amides is 1. The summed E-state index contributed by atoms with van der Waals surface area (Å²) in [5.41, 5.74) is -0.517. The molecule has 4 nitrogen and oxygen atoms in total. The maximum atomic E-state index is 13.3. The molecule has 0 aliphatic carbocycles. The summed E-state index contributed by atoms with van der Waals surface area (Å²) < 4.78 is 18.5. The maximum Gasteiger partial charge on any atom is 0.410 e. The molecule has 5 heteroatoms. The third-order valence-corrected chi connectivity index (χ3v) is 2.92. The molecular formula is C13H22FNO3. The molecule has 1 amide bonds. The van der Waals surface area contributed by atoms with Crippen molar-refractivity contribution in [1.82, 2.24) is 4.90 Å². The molecule has 18 heavy (non-hydrogen) atoms. The van der Waals surface area contributed by atoms with E-state index >= 15 is 0 Å². The number of nitrogens with zero attached hydrogens (tertiary/aromatic N) is 1. The summed E-state index contributed by atoms with van der Waals surface area (Å²) >= 11 is 0. The zero-order chi connectivity index (χ0) is 13.9. The van der Waals surface area contributed by atoms with Gasteiger partial charge in [0.1, 0.15) is 5.60 Å². The smallest absolute Gasteiger partial charge is 0.410 e. The van der Waals surface area contributed by atoms with Gasteiger partial charge < -0.3 is 9.64 Å². The molecule has 0 aromatic rings. The molecule has 1 heterocycles. The van der Waals surface area contributed by atoms with E-state index in [4.69, 9.17) is 4.74 Å². The van der Waals surface area contributed by atoms with Gasteiger partial charge >= 0.3 is 6.09 Å². The van der Waals surface area contributed by atoms with E-state index in [1.165, 1.54) is 6.92 Å². The van der Waals surface area contributed by atoms with E-state index in [1.807, 2.05) is 20.8 Å². The SMILES string of the molecule is CC(=O)C(F)CC1CCN(C(=O)OC(C)(C)C)C1. The van der Waals surface area contributed by atoms with Gasteiger partial charge in [0, 0.05) is 13.1 Å². The molecule has 1 saturated heterocycles. The van der Waals surface area contributed by atoms with Crippen molar-refractivity contribution in [3.05, 3.63) is 0 Å². The topological polar surface area (TPSA) is 46.6 Å². The molecule has 0 aromatic carbocycles. The van der Waals surface area contributed by atoms with E-state index in [0.29, 0.717) is 13.1 Å². The second-order valence-electron chi connectivity index (χ2n) is 5.89. The van der Waals surface area contributed by atoms with Crippen LogP contribution in [0.1, 0.15) is 40.5 Å². The van der Waals surface area contributed by atoms with Crippen LogP contribution in [0.25, 0.3) is 0 Å². The summed E-state index contributed by atoms with van der Waals surface area (Å²) in [5, 5.41) is 0. The average Bonchev–Trinajstić information content (AvgIpc) is 2.63. The van der Waals surface area contributed by atoms with Crippen molar-refractivity contribution in [1.29, 1.82) is 0 Å². The fourth-order valence-electron chi connectivity index (χ4n) is 1.98. The highest BCUT2D eigenvalue weighted by atomic mass is 19.1. The van der Waals surface area contributed by atoms with Gasteiger partial charge in [-0.2, -0.15) is 0 Å². The maximum absolute atomic E-state index is 13.3. The Bertz CT molecular complexity index is 325. The lowest BCUT2D eigenvalue weighted by Gasteiger charge is -2.24. The minimum absolute atomic E-state index is 0.0522. The van der Waals surface area contributed by atoms with Gasteiger partial charge in [-0.1, -0.05) is 0 Å². The first-order valence-electron chi connectivity index (χ1n) is 6.31. The van der Waals surface area contributed by atoms with Crippen molar-refractivity contribution in [3.8, 4) is 0 Å². The molecule has 1 aliphatic rings. The Balaban J connectivity index is 2.41. The van der Waals surface area contributed by atoms with Crippen molar-refractivity contribution in [2.24, 2.45) is 5.92 Å². The number of alkyl halides is 1. The van der Waals surface area contributed by atoms with Gasteiger partial charge in [0.15, 0.2) is 12.0 Å². The molecule has 1 rings (SSSR count). The van der Waals surface area contributed by atoms with Crippen LogP contribution in [0.4, 0.5) is 9.18 Å². The van der Waals surface area contributed by atoms with Gasteiger partial charge in [0.25, 0.3) is 0 Å². The zero-order valence-electron chi connectivity index (χ0n) is 11.5. The number of ketones is 1. The first-order valence-corrected chi connectivity index (χ1v) is 6.31. The predicted octanol–water partition coefficient (Wildman–Crippen LogP) is 2.56. The van der Waals surface area contributed by atoms with Crippen LogP contribution < -0.4 is 0 Å². The number of carbonyl (C=O) groups is 2. The zero-order valence-corrected chi connectivity index (χ0v) is 11.5. The molecule has 0 aromatic heterocycles. The van der Waals surface area contributed by atoms with Gasteiger partial charge in [-0.3, -0.25) is 4.79 Å². The quantitative estimate of drug-likeness (QED) is 0.782. The van der Waals surface area contributed by atoms with Crippen molar-refractivity contribution >= 4 is 11.9 Å². The fourth-order valence-corrected chi connectivity index (χ4v) is 1.98. The van der Waals surface area contributed by atoms with Crippen molar-refractivity contribution in [2.75, 3.05) is 13.1 Å². The lowest BCUT2D eigenvalue weighted by molar-refractivity contribution is -0.122. The van der Waals surface area contributed by atoms with E-state index in [0.717, 1.165) is 6.42 Å². The fraction of sp³-hybridized carbons (Fsp3) is 0.846. The molecule has 2 atom stereocenters. The lowest BCUT2D eigenvalue weighted by Crippen LogP contribution is -2.35. The molecule has 0 radical (unpaired) electrons. The first-order chi connectivity index (χ1) is 8.19. The van der Waals surface area contributed by atoms with Crippen molar-refractivity contribution in [2.45, 2.75) is 52.3 Å². The van der Waals surface area contributed by atoms with Crippen LogP contribution in [0.5, 0.6) is 0 Å². The van der Waals surface area contributed by atoms with E-state index < -0.39 is 17.6 Å². The average molecular weight is 259 g/mol. The van der Waals surface area contributed by atoms with E-state index in [9.17, 15) is 14.0 Å². The summed E-state index contributed by atoms with van der Waals surface area (Å²) in [4.78, 5) is 24.2. The number of Topliss-reactive ketones (excluding diaryl/α,β-unsaturated/α-hetero) is 1. The highest BCUT2D eigenvalue weighted by Gasteiger charge is 2.31. The molecule has 0 spiro atoms. The number of carbonyl (C=O) groups excluding carboxylic acids is 2. The number of halogens is 1. The number of hydrogen-bond acceptors (Lipinski definition) is 3. The Morgan fingerprint density at radius 2 is 2.06 bits per heavy atom. The predicted molar refractivity (Wildman–Crippen MR) is 66.1 cm³/mol. The van der Waals surface area contributed by atoms with Crippen molar-refractivity contribution in [3.63, 3.8) is 0 Å². The van der Waals surface area contributed by atoms with Crippen LogP contribution in [0.3, 0.4) is 0 Å². The summed E-state index contributed by atoms with van der Waals surface area (Å²) in [6.07, 6.45) is -0.835. The molecule has 1 fully saturated rings. The molecular weight excluding hydrogens is 237 g/mol. The van der Waals surface area contributed by atoms with Crippen LogP contribution in [0.15, 0.2) is 0 Å². The summed E-state index contributed by atoms with van der Waals surface area (Å²) in [6, 6.07) is 0. The second-order valence-corrected chi connectivity index (χ2v) is 5.89. The second kappa shape index (κ2) is 5.67. The van der Waals surface area contributed by atoms with E-state index in [-0.39, 0.29) is 18.4 Å². The monoisotopic (exact) mass is 259 g/mol. The van der Waals surface area contributed by atoms with Crippen LogP contribution in [-0.2, 0) is 9.53 Å². The standard InChI is InChI=1S/C13H22FNO3/c1-9(16)11(14)7-10-5-6-15(8-10)12(17)18-13(2,3)4/h10-11H,5-8H2,1-4H3.